The standard InChI is InChI=1S/C16H12BrFIN5/c1-2-23-16(17)10(9-21-23)5-13-7-12(8-20)22-24(13)15-4-3-11(18)6-14(15)19/h3-4,6-7,9H,2,5H2,1H3. The summed E-state index contributed by atoms with van der Waals surface area (Å²) in [5.41, 5.74) is 2.91. The fourth-order valence-electron chi connectivity index (χ4n) is 2.41. The monoisotopic (exact) mass is 499 g/mol. The molecule has 24 heavy (non-hydrogen) atoms. The number of rotatable bonds is 4. The highest BCUT2D eigenvalue weighted by Gasteiger charge is 2.16. The van der Waals surface area contributed by atoms with Gasteiger partial charge < -0.3 is 0 Å². The van der Waals surface area contributed by atoms with Crippen LogP contribution in [0.1, 0.15) is 23.9 Å². The van der Waals surface area contributed by atoms with Crippen LogP contribution < -0.4 is 0 Å². The fourth-order valence-corrected chi connectivity index (χ4v) is 3.70. The molecule has 2 aromatic heterocycles. The van der Waals surface area contributed by atoms with Crippen molar-refractivity contribution >= 4 is 38.5 Å². The number of hydrogen-bond acceptors (Lipinski definition) is 3. The van der Waals surface area contributed by atoms with E-state index in [4.69, 9.17) is 0 Å². The highest BCUT2D eigenvalue weighted by atomic mass is 127. The van der Waals surface area contributed by atoms with Gasteiger partial charge >= 0.3 is 0 Å². The summed E-state index contributed by atoms with van der Waals surface area (Å²) in [5.74, 6) is -0.302. The number of aromatic nitrogens is 4. The number of halogens is 3. The van der Waals surface area contributed by atoms with Gasteiger partial charge in [0.2, 0.25) is 0 Å². The Kier molecular flexibility index (Phi) is 5.01. The zero-order valence-corrected chi connectivity index (χ0v) is 16.4. The molecular weight excluding hydrogens is 488 g/mol. The van der Waals surface area contributed by atoms with Crippen LogP contribution in [0.4, 0.5) is 4.39 Å². The summed E-state index contributed by atoms with van der Waals surface area (Å²) in [5, 5.41) is 17.8. The first-order valence-corrected chi connectivity index (χ1v) is 9.05. The van der Waals surface area contributed by atoms with E-state index in [0.717, 1.165) is 31.7 Å². The Morgan fingerprint density at radius 1 is 1.38 bits per heavy atom. The Morgan fingerprint density at radius 2 is 2.17 bits per heavy atom. The van der Waals surface area contributed by atoms with Crippen molar-refractivity contribution in [3.63, 3.8) is 0 Å². The second kappa shape index (κ2) is 7.03. The van der Waals surface area contributed by atoms with Crippen molar-refractivity contribution in [1.29, 1.82) is 5.26 Å². The van der Waals surface area contributed by atoms with Crippen LogP contribution in [0.2, 0.25) is 0 Å². The van der Waals surface area contributed by atoms with Gasteiger partial charge in [0.05, 0.1) is 17.6 Å². The molecule has 0 spiro atoms. The Balaban J connectivity index is 2.06. The zero-order chi connectivity index (χ0) is 17.3. The number of aryl methyl sites for hydroxylation is 1. The molecule has 1 aromatic carbocycles. The van der Waals surface area contributed by atoms with Gasteiger partial charge in [0.1, 0.15) is 16.5 Å². The lowest BCUT2D eigenvalue weighted by Crippen LogP contribution is -2.05. The Morgan fingerprint density at radius 3 is 2.79 bits per heavy atom. The van der Waals surface area contributed by atoms with Crippen LogP contribution in [0.3, 0.4) is 0 Å². The lowest BCUT2D eigenvalue weighted by Gasteiger charge is -2.09. The molecule has 0 aliphatic heterocycles. The summed E-state index contributed by atoms with van der Waals surface area (Å²) in [7, 11) is 0. The van der Waals surface area contributed by atoms with Crippen molar-refractivity contribution in [3.05, 3.63) is 61.4 Å². The summed E-state index contributed by atoms with van der Waals surface area (Å²) < 4.78 is 18.5. The van der Waals surface area contributed by atoms with Crippen molar-refractivity contribution in [2.45, 2.75) is 19.9 Å². The normalized spacial score (nSPS) is 10.8. The van der Waals surface area contributed by atoms with E-state index >= 15 is 0 Å². The van der Waals surface area contributed by atoms with Crippen molar-refractivity contribution in [2.24, 2.45) is 0 Å². The first kappa shape index (κ1) is 17.1. The van der Waals surface area contributed by atoms with Crippen LogP contribution in [0.25, 0.3) is 5.69 Å². The molecule has 122 valence electrons. The van der Waals surface area contributed by atoms with E-state index in [2.05, 4.69) is 54.8 Å². The van der Waals surface area contributed by atoms with Crippen LogP contribution in [0.5, 0.6) is 0 Å². The van der Waals surface area contributed by atoms with Gasteiger partial charge in [-0.3, -0.25) is 4.68 Å². The molecule has 0 N–H and O–H groups in total. The van der Waals surface area contributed by atoms with Crippen molar-refractivity contribution in [3.8, 4) is 11.8 Å². The van der Waals surface area contributed by atoms with Gasteiger partial charge in [0.25, 0.3) is 0 Å². The Labute approximate surface area is 160 Å². The lowest BCUT2D eigenvalue weighted by atomic mass is 10.2. The van der Waals surface area contributed by atoms with Gasteiger partial charge in [-0.15, -0.1) is 0 Å². The summed E-state index contributed by atoms with van der Waals surface area (Å²) >= 11 is 5.62. The maximum absolute atomic E-state index is 13.4. The zero-order valence-electron chi connectivity index (χ0n) is 12.7. The lowest BCUT2D eigenvalue weighted by molar-refractivity contribution is 0.625. The summed E-state index contributed by atoms with van der Waals surface area (Å²) in [4.78, 5) is 0. The molecule has 0 fully saturated rings. The topological polar surface area (TPSA) is 59.4 Å². The predicted molar refractivity (Wildman–Crippen MR) is 99.4 cm³/mol. The average Bonchev–Trinajstić information content (AvgIpc) is 3.12. The highest BCUT2D eigenvalue weighted by molar-refractivity contribution is 14.1. The van der Waals surface area contributed by atoms with Crippen molar-refractivity contribution < 1.29 is 4.39 Å². The Bertz CT molecular complexity index is 941. The van der Waals surface area contributed by atoms with Gasteiger partial charge in [0.15, 0.2) is 5.69 Å². The molecule has 0 radical (unpaired) electrons. The fraction of sp³-hybridized carbons (Fsp3) is 0.188. The molecule has 0 saturated carbocycles. The molecule has 3 aromatic rings. The third kappa shape index (κ3) is 3.23. The summed E-state index contributed by atoms with van der Waals surface area (Å²) in [6.07, 6.45) is 2.36. The molecule has 0 aliphatic rings. The number of nitrogens with zero attached hydrogens (tertiary/aromatic N) is 5. The number of hydrogen-bond donors (Lipinski definition) is 0. The molecule has 0 bridgehead atoms. The number of benzene rings is 1. The van der Waals surface area contributed by atoms with Gasteiger partial charge in [0, 0.05) is 22.1 Å². The van der Waals surface area contributed by atoms with Gasteiger partial charge in [-0.25, -0.2) is 9.07 Å². The summed E-state index contributed by atoms with van der Waals surface area (Å²) in [6, 6.07) is 8.31. The minimum Gasteiger partial charge on any atom is -0.258 e. The molecule has 0 aliphatic carbocycles. The van der Waals surface area contributed by atoms with E-state index in [0.29, 0.717) is 12.1 Å². The molecule has 2 heterocycles. The van der Waals surface area contributed by atoms with Crippen LogP contribution in [0.15, 0.2) is 35.1 Å². The molecule has 8 heteroatoms. The van der Waals surface area contributed by atoms with E-state index in [-0.39, 0.29) is 5.82 Å². The van der Waals surface area contributed by atoms with E-state index in [1.807, 2.05) is 11.6 Å². The molecule has 5 nitrogen and oxygen atoms in total. The van der Waals surface area contributed by atoms with Crippen LogP contribution in [0, 0.1) is 20.7 Å². The van der Waals surface area contributed by atoms with Gasteiger partial charge in [-0.05, 0) is 69.7 Å². The first-order chi connectivity index (χ1) is 11.5. The first-order valence-electron chi connectivity index (χ1n) is 7.18. The highest BCUT2D eigenvalue weighted by Crippen LogP contribution is 2.24. The molecular formula is C16H12BrFIN5. The third-order valence-corrected chi connectivity index (χ3v) is 5.33. The molecule has 0 amide bonds. The maximum atomic E-state index is 13.4. The minimum atomic E-state index is -0.302. The third-order valence-electron chi connectivity index (χ3n) is 3.55. The van der Waals surface area contributed by atoms with E-state index in [1.165, 1.54) is 12.1 Å². The smallest absolute Gasteiger partial charge is 0.163 e. The van der Waals surface area contributed by atoms with Gasteiger partial charge in [-0.1, -0.05) is 0 Å². The van der Waals surface area contributed by atoms with Crippen LogP contribution >= 0.6 is 38.5 Å². The van der Waals surface area contributed by atoms with Gasteiger partial charge in [-0.2, -0.15) is 15.5 Å². The second-order valence-electron chi connectivity index (χ2n) is 5.09. The molecule has 0 unspecified atom stereocenters. The minimum absolute atomic E-state index is 0.302. The maximum Gasteiger partial charge on any atom is 0.163 e. The predicted octanol–water partition coefficient (Wildman–Crippen LogP) is 4.06. The molecule has 0 saturated heterocycles. The number of nitriles is 1. The SMILES string of the molecule is CCn1ncc(Cc2cc(C#N)nn2-c2ccc(F)cc2I)c1Br. The van der Waals surface area contributed by atoms with Crippen molar-refractivity contribution in [2.75, 3.05) is 0 Å². The van der Waals surface area contributed by atoms with Crippen LogP contribution in [-0.2, 0) is 13.0 Å². The van der Waals surface area contributed by atoms with Crippen molar-refractivity contribution in [1.82, 2.24) is 19.6 Å². The summed E-state index contributed by atoms with van der Waals surface area (Å²) in [6.45, 7) is 2.78. The van der Waals surface area contributed by atoms with Crippen LogP contribution in [-0.4, -0.2) is 19.6 Å². The second-order valence-corrected chi connectivity index (χ2v) is 7.01. The van der Waals surface area contributed by atoms with E-state index < -0.39 is 0 Å². The Hall–Kier alpha value is -1.73. The molecule has 3 rings (SSSR count). The quantitative estimate of drug-likeness (QED) is 0.509. The van der Waals surface area contributed by atoms with E-state index in [1.54, 1.807) is 23.0 Å². The average molecular weight is 500 g/mol. The molecule has 0 atom stereocenters. The van der Waals surface area contributed by atoms with E-state index in [9.17, 15) is 9.65 Å². The largest absolute Gasteiger partial charge is 0.258 e.